The van der Waals surface area contributed by atoms with Crippen LogP contribution < -0.4 is 5.32 Å². The topological polar surface area (TPSA) is 62.3 Å². The van der Waals surface area contributed by atoms with E-state index in [1.54, 1.807) is 16.3 Å². The molecule has 2 aromatic rings. The summed E-state index contributed by atoms with van der Waals surface area (Å²) >= 11 is 1.13. The third kappa shape index (κ3) is 5.38. The van der Waals surface area contributed by atoms with Crippen molar-refractivity contribution < 1.29 is 22.8 Å². The minimum atomic E-state index is -4.44. The second-order valence-electron chi connectivity index (χ2n) is 7.35. The molecule has 1 aromatic heterocycles. The predicted molar refractivity (Wildman–Crippen MR) is 109 cm³/mol. The van der Waals surface area contributed by atoms with Crippen LogP contribution in [0.5, 0.6) is 0 Å². The van der Waals surface area contributed by atoms with Crippen molar-refractivity contribution in [3.8, 4) is 10.6 Å². The number of likely N-dealkylation sites (tertiary alicyclic amines) is 1. The quantitative estimate of drug-likeness (QED) is 0.670. The SMILES string of the molecule is CCCCNC(=O)C1CCCN(C(=O)c2csc(-c3cccc(C(F)(F)F)c3)n2)C1. The largest absolute Gasteiger partial charge is 0.416 e. The fourth-order valence-corrected chi connectivity index (χ4v) is 4.19. The molecule has 1 aromatic carbocycles. The summed E-state index contributed by atoms with van der Waals surface area (Å²) < 4.78 is 38.8. The van der Waals surface area contributed by atoms with Gasteiger partial charge in [-0.25, -0.2) is 4.98 Å². The molecule has 1 saturated heterocycles. The second-order valence-corrected chi connectivity index (χ2v) is 8.21. The first-order chi connectivity index (χ1) is 14.3. The number of nitrogens with one attached hydrogen (secondary N) is 1. The van der Waals surface area contributed by atoms with Gasteiger partial charge >= 0.3 is 6.18 Å². The summed E-state index contributed by atoms with van der Waals surface area (Å²) in [5.41, 5.74) is -0.240. The van der Waals surface area contributed by atoms with Crippen molar-refractivity contribution in [2.75, 3.05) is 19.6 Å². The number of rotatable bonds is 6. The van der Waals surface area contributed by atoms with E-state index >= 15 is 0 Å². The van der Waals surface area contributed by atoms with Gasteiger partial charge in [-0.15, -0.1) is 11.3 Å². The van der Waals surface area contributed by atoms with Crippen LogP contribution in [0.1, 0.15) is 48.7 Å². The molecule has 30 heavy (non-hydrogen) atoms. The fourth-order valence-electron chi connectivity index (χ4n) is 3.40. The second kappa shape index (κ2) is 9.59. The van der Waals surface area contributed by atoms with Crippen LogP contribution in [0, 0.1) is 5.92 Å². The molecule has 3 rings (SSSR count). The Balaban J connectivity index is 1.68. The van der Waals surface area contributed by atoms with Crippen LogP contribution in [0.15, 0.2) is 29.6 Å². The van der Waals surface area contributed by atoms with Gasteiger partial charge in [0.2, 0.25) is 5.91 Å². The van der Waals surface area contributed by atoms with Crippen LogP contribution in [0.4, 0.5) is 13.2 Å². The van der Waals surface area contributed by atoms with Gasteiger partial charge in [0.1, 0.15) is 10.7 Å². The lowest BCUT2D eigenvalue weighted by molar-refractivity contribution is -0.137. The third-order valence-electron chi connectivity index (χ3n) is 5.07. The van der Waals surface area contributed by atoms with Crippen molar-refractivity contribution in [2.45, 2.75) is 38.8 Å². The van der Waals surface area contributed by atoms with Crippen LogP contribution in [-0.4, -0.2) is 41.3 Å². The third-order valence-corrected chi connectivity index (χ3v) is 5.96. The minimum Gasteiger partial charge on any atom is -0.356 e. The van der Waals surface area contributed by atoms with Crippen LogP contribution >= 0.6 is 11.3 Å². The first-order valence-corrected chi connectivity index (χ1v) is 10.9. The summed E-state index contributed by atoms with van der Waals surface area (Å²) in [7, 11) is 0. The Morgan fingerprint density at radius 3 is 2.87 bits per heavy atom. The number of amides is 2. The molecule has 1 aliphatic rings. The summed E-state index contributed by atoms with van der Waals surface area (Å²) in [5, 5.41) is 4.83. The lowest BCUT2D eigenvalue weighted by Gasteiger charge is -2.31. The van der Waals surface area contributed by atoms with Gasteiger partial charge in [0, 0.05) is 30.6 Å². The minimum absolute atomic E-state index is 0.0381. The molecule has 1 atom stereocenters. The smallest absolute Gasteiger partial charge is 0.356 e. The highest BCUT2D eigenvalue weighted by Gasteiger charge is 2.31. The van der Waals surface area contributed by atoms with E-state index in [2.05, 4.69) is 17.2 Å². The number of unbranched alkanes of at least 4 members (excludes halogenated alkanes) is 1. The molecule has 1 unspecified atom stereocenters. The molecular formula is C21H24F3N3O2S. The Hall–Kier alpha value is -2.42. The summed E-state index contributed by atoms with van der Waals surface area (Å²) in [6.07, 6.45) is -1.07. The molecule has 0 saturated carbocycles. The number of benzene rings is 1. The molecule has 1 aliphatic heterocycles. The molecule has 0 spiro atoms. The maximum atomic E-state index is 12.9. The molecular weight excluding hydrogens is 415 g/mol. The number of halogens is 3. The van der Waals surface area contributed by atoms with E-state index in [-0.39, 0.29) is 23.4 Å². The maximum absolute atomic E-state index is 12.9. The lowest BCUT2D eigenvalue weighted by Crippen LogP contribution is -2.45. The standard InChI is InChI=1S/C21H24F3N3O2S/c1-2-3-9-25-18(28)15-7-5-10-27(12-15)20(29)17-13-30-19(26-17)14-6-4-8-16(11-14)21(22,23)24/h4,6,8,11,13,15H,2-3,5,7,9-10,12H2,1H3,(H,25,28). The molecule has 0 aliphatic carbocycles. The molecule has 1 fully saturated rings. The van der Waals surface area contributed by atoms with Crippen LogP contribution in [-0.2, 0) is 11.0 Å². The van der Waals surface area contributed by atoms with Crippen LogP contribution in [0.2, 0.25) is 0 Å². The van der Waals surface area contributed by atoms with Crippen molar-refractivity contribution in [1.29, 1.82) is 0 Å². The Kier molecular flexibility index (Phi) is 7.12. The lowest BCUT2D eigenvalue weighted by atomic mass is 9.97. The van der Waals surface area contributed by atoms with Gasteiger partial charge in [0.25, 0.3) is 5.91 Å². The number of aromatic nitrogens is 1. The fraction of sp³-hybridized carbons (Fsp3) is 0.476. The van der Waals surface area contributed by atoms with E-state index in [4.69, 9.17) is 0 Å². The van der Waals surface area contributed by atoms with E-state index < -0.39 is 11.7 Å². The summed E-state index contributed by atoms with van der Waals surface area (Å²) in [6.45, 7) is 3.54. The molecule has 1 N–H and O–H groups in total. The van der Waals surface area contributed by atoms with Crippen molar-refractivity contribution in [3.05, 3.63) is 40.9 Å². The van der Waals surface area contributed by atoms with Gasteiger partial charge < -0.3 is 10.2 Å². The molecule has 162 valence electrons. The van der Waals surface area contributed by atoms with Gasteiger partial charge in [-0.3, -0.25) is 9.59 Å². The normalized spacial score (nSPS) is 17.1. The Labute approximate surface area is 177 Å². The van der Waals surface area contributed by atoms with Crippen molar-refractivity contribution in [2.24, 2.45) is 5.92 Å². The highest BCUT2D eigenvalue weighted by atomic mass is 32.1. The number of nitrogens with zero attached hydrogens (tertiary/aromatic N) is 2. The van der Waals surface area contributed by atoms with E-state index in [1.165, 1.54) is 6.07 Å². The average molecular weight is 440 g/mol. The van der Waals surface area contributed by atoms with Gasteiger partial charge in [-0.05, 0) is 31.4 Å². The van der Waals surface area contributed by atoms with Crippen LogP contribution in [0.3, 0.4) is 0 Å². The Bertz CT molecular complexity index is 898. The Morgan fingerprint density at radius 1 is 1.33 bits per heavy atom. The first kappa shape index (κ1) is 22.3. The highest BCUT2D eigenvalue weighted by molar-refractivity contribution is 7.13. The van der Waals surface area contributed by atoms with Crippen molar-refractivity contribution in [1.82, 2.24) is 15.2 Å². The van der Waals surface area contributed by atoms with Gasteiger partial charge in [-0.2, -0.15) is 13.2 Å². The van der Waals surface area contributed by atoms with Gasteiger partial charge in [-0.1, -0.05) is 25.5 Å². The van der Waals surface area contributed by atoms with Crippen molar-refractivity contribution in [3.63, 3.8) is 0 Å². The van der Waals surface area contributed by atoms with Crippen molar-refractivity contribution >= 4 is 23.2 Å². The molecule has 9 heteroatoms. The maximum Gasteiger partial charge on any atom is 0.416 e. The van der Waals surface area contributed by atoms with E-state index in [1.807, 2.05) is 0 Å². The number of hydrogen-bond acceptors (Lipinski definition) is 4. The zero-order valence-corrected chi connectivity index (χ0v) is 17.5. The number of piperidine rings is 1. The Morgan fingerprint density at radius 2 is 2.13 bits per heavy atom. The number of alkyl halides is 3. The van der Waals surface area contributed by atoms with Crippen LogP contribution in [0.25, 0.3) is 10.6 Å². The molecule has 0 bridgehead atoms. The first-order valence-electron chi connectivity index (χ1n) is 9.99. The molecule has 2 amide bonds. The molecule has 5 nitrogen and oxygen atoms in total. The summed E-state index contributed by atoms with van der Waals surface area (Å²) in [5.74, 6) is -0.583. The van der Waals surface area contributed by atoms with Gasteiger partial charge in [0.05, 0.1) is 11.5 Å². The van der Waals surface area contributed by atoms with E-state index in [0.29, 0.717) is 30.2 Å². The number of thiazole rings is 1. The highest BCUT2D eigenvalue weighted by Crippen LogP contribution is 2.33. The van der Waals surface area contributed by atoms with E-state index in [9.17, 15) is 22.8 Å². The predicted octanol–water partition coefficient (Wildman–Crippen LogP) is 4.60. The summed E-state index contributed by atoms with van der Waals surface area (Å²) in [4.78, 5) is 31.1. The average Bonchev–Trinajstić information content (AvgIpc) is 3.23. The molecule has 2 heterocycles. The zero-order valence-electron chi connectivity index (χ0n) is 16.7. The zero-order chi connectivity index (χ0) is 21.7. The number of carbonyl (C=O) groups is 2. The monoisotopic (exact) mass is 439 g/mol. The van der Waals surface area contributed by atoms with E-state index in [0.717, 1.165) is 49.2 Å². The number of hydrogen-bond donors (Lipinski definition) is 1. The summed E-state index contributed by atoms with van der Waals surface area (Å²) in [6, 6.07) is 4.90. The van der Waals surface area contributed by atoms with Gasteiger partial charge in [0.15, 0.2) is 0 Å². The molecule has 0 radical (unpaired) electrons. The number of carbonyl (C=O) groups excluding carboxylic acids is 2.